The van der Waals surface area contributed by atoms with Gasteiger partial charge in [-0.1, -0.05) is 0 Å². The summed E-state index contributed by atoms with van der Waals surface area (Å²) in [6.07, 6.45) is 2.86. The molecule has 0 saturated heterocycles. The van der Waals surface area contributed by atoms with E-state index in [9.17, 15) is 0 Å². The second kappa shape index (κ2) is 4.20. The van der Waals surface area contributed by atoms with Gasteiger partial charge in [0.1, 0.15) is 0 Å². The molecule has 2 N–H and O–H groups in total. The zero-order chi connectivity index (χ0) is 9.84. The van der Waals surface area contributed by atoms with Crippen molar-refractivity contribution in [2.24, 2.45) is 0 Å². The molecule has 0 aromatic carbocycles. The van der Waals surface area contributed by atoms with Crippen molar-refractivity contribution < 1.29 is 14.8 Å². The Labute approximate surface area is 76.6 Å². The molecule has 1 heterocycles. The summed E-state index contributed by atoms with van der Waals surface area (Å²) >= 11 is 0. The van der Waals surface area contributed by atoms with Crippen LogP contribution in [0.3, 0.4) is 0 Å². The van der Waals surface area contributed by atoms with Crippen LogP contribution < -0.4 is 10.5 Å². The van der Waals surface area contributed by atoms with E-state index in [0.717, 1.165) is 0 Å². The number of rotatable bonds is 3. The molecule has 0 spiro atoms. The highest BCUT2D eigenvalue weighted by molar-refractivity contribution is 6.56. The third-order valence-corrected chi connectivity index (χ3v) is 1.25. The van der Waals surface area contributed by atoms with Gasteiger partial charge in [-0.15, -0.1) is 0 Å². The van der Waals surface area contributed by atoms with Crippen LogP contribution in [0.5, 0.6) is 5.75 Å². The predicted molar refractivity (Wildman–Crippen MR) is 47.6 cm³/mol. The Kier molecular flexibility index (Phi) is 3.22. The molecule has 70 valence electrons. The van der Waals surface area contributed by atoms with Gasteiger partial charge in [-0.25, -0.2) is 9.97 Å². The van der Waals surface area contributed by atoms with E-state index in [2.05, 4.69) is 9.97 Å². The Balaban J connectivity index is 2.70. The summed E-state index contributed by atoms with van der Waals surface area (Å²) in [5.74, 6) is 0.513. The molecule has 5 nitrogen and oxygen atoms in total. The van der Waals surface area contributed by atoms with Crippen LogP contribution >= 0.6 is 0 Å². The molecule has 0 atom stereocenters. The lowest BCUT2D eigenvalue weighted by Gasteiger charge is -2.08. The van der Waals surface area contributed by atoms with E-state index in [0.29, 0.717) is 5.75 Å². The number of hydrogen-bond donors (Lipinski definition) is 2. The van der Waals surface area contributed by atoms with Crippen LogP contribution in [0.2, 0.25) is 0 Å². The summed E-state index contributed by atoms with van der Waals surface area (Å²) in [7, 11) is -1.63. The van der Waals surface area contributed by atoms with Gasteiger partial charge < -0.3 is 14.8 Å². The van der Waals surface area contributed by atoms with E-state index in [1.807, 2.05) is 13.8 Å². The lowest BCUT2D eigenvalue weighted by Crippen LogP contribution is -2.35. The lowest BCUT2D eigenvalue weighted by molar-refractivity contribution is 0.240. The number of nitrogens with zero attached hydrogens (tertiary/aromatic N) is 2. The molecule has 0 radical (unpaired) electrons. The van der Waals surface area contributed by atoms with Crippen molar-refractivity contribution in [1.82, 2.24) is 9.97 Å². The lowest BCUT2D eigenvalue weighted by atomic mass is 9.91. The van der Waals surface area contributed by atoms with Gasteiger partial charge in [0.2, 0.25) is 0 Å². The van der Waals surface area contributed by atoms with Crippen molar-refractivity contribution >= 4 is 12.8 Å². The first-order valence-corrected chi connectivity index (χ1v) is 3.94. The molecule has 0 unspecified atom stereocenters. The van der Waals surface area contributed by atoms with Gasteiger partial charge in [-0.2, -0.15) is 0 Å². The molecule has 0 fully saturated rings. The van der Waals surface area contributed by atoms with Crippen molar-refractivity contribution in [3.05, 3.63) is 12.4 Å². The van der Waals surface area contributed by atoms with Gasteiger partial charge in [-0.3, -0.25) is 0 Å². The minimum atomic E-state index is -1.63. The van der Waals surface area contributed by atoms with Gasteiger partial charge in [0, 0.05) is 0 Å². The predicted octanol–water partition coefficient (Wildman–Crippen LogP) is -1.06. The van der Waals surface area contributed by atoms with E-state index in [1.54, 1.807) is 0 Å². The maximum atomic E-state index is 8.69. The van der Waals surface area contributed by atoms with E-state index >= 15 is 0 Å². The van der Waals surface area contributed by atoms with Gasteiger partial charge in [-0.05, 0) is 13.8 Å². The molecule has 6 heteroatoms. The molecule has 0 amide bonds. The summed E-state index contributed by atoms with van der Waals surface area (Å²) in [6, 6.07) is 0. The van der Waals surface area contributed by atoms with Crippen molar-refractivity contribution in [2.45, 2.75) is 20.0 Å². The van der Waals surface area contributed by atoms with Gasteiger partial charge in [0.25, 0.3) is 0 Å². The van der Waals surface area contributed by atoms with Crippen LogP contribution in [0.15, 0.2) is 12.4 Å². The van der Waals surface area contributed by atoms with Crippen molar-refractivity contribution in [2.75, 3.05) is 0 Å². The Hall–Kier alpha value is -1.14. The van der Waals surface area contributed by atoms with Gasteiger partial charge >= 0.3 is 7.12 Å². The first-order valence-electron chi connectivity index (χ1n) is 3.94. The molecule has 1 rings (SSSR count). The molecule has 0 aliphatic heterocycles. The third-order valence-electron chi connectivity index (χ3n) is 1.25. The van der Waals surface area contributed by atoms with Crippen LogP contribution in [-0.2, 0) is 0 Å². The molecule has 0 aliphatic carbocycles. The van der Waals surface area contributed by atoms with Crippen LogP contribution in [-0.4, -0.2) is 33.2 Å². The monoisotopic (exact) mass is 182 g/mol. The highest BCUT2D eigenvalue weighted by Gasteiger charge is 2.14. The highest BCUT2D eigenvalue weighted by Crippen LogP contribution is 2.05. The Morgan fingerprint density at radius 3 is 2.23 bits per heavy atom. The Morgan fingerprint density at radius 1 is 1.31 bits per heavy atom. The molecular formula is C7H11BN2O3. The van der Waals surface area contributed by atoms with Crippen LogP contribution in [0, 0.1) is 0 Å². The van der Waals surface area contributed by atoms with Gasteiger partial charge in [0.05, 0.1) is 18.5 Å². The summed E-state index contributed by atoms with van der Waals surface area (Å²) in [5.41, 5.74) is -0.0314. The number of hydrogen-bond acceptors (Lipinski definition) is 5. The first kappa shape index (κ1) is 9.95. The molecular weight excluding hydrogens is 171 g/mol. The summed E-state index contributed by atoms with van der Waals surface area (Å²) < 4.78 is 5.26. The topological polar surface area (TPSA) is 75.5 Å². The van der Waals surface area contributed by atoms with Crippen molar-refractivity contribution in [3.8, 4) is 5.75 Å². The quantitative estimate of drug-likeness (QED) is 0.583. The van der Waals surface area contributed by atoms with Crippen molar-refractivity contribution in [1.29, 1.82) is 0 Å². The molecule has 1 aromatic heterocycles. The largest absolute Gasteiger partial charge is 0.528 e. The molecule has 0 saturated carbocycles. The fraction of sp³-hybridized carbons (Fsp3) is 0.429. The summed E-state index contributed by atoms with van der Waals surface area (Å²) in [6.45, 7) is 3.77. The van der Waals surface area contributed by atoms with E-state index < -0.39 is 7.12 Å². The highest BCUT2D eigenvalue weighted by atomic mass is 16.5. The standard InChI is InChI=1S/C7H11BN2O3/c1-5(2)13-6-3-9-7(8(11)12)10-4-6/h3-5,11-12H,1-2H3. The molecule has 0 aliphatic rings. The fourth-order valence-corrected chi connectivity index (χ4v) is 0.793. The fourth-order valence-electron chi connectivity index (χ4n) is 0.793. The second-order valence-electron chi connectivity index (χ2n) is 2.82. The van der Waals surface area contributed by atoms with Crippen LogP contribution in [0.1, 0.15) is 13.8 Å². The molecule has 1 aromatic rings. The SMILES string of the molecule is CC(C)Oc1cnc(B(O)O)nc1. The normalized spacial score (nSPS) is 10.2. The zero-order valence-corrected chi connectivity index (χ0v) is 7.51. The Bertz CT molecular complexity index is 263. The summed E-state index contributed by atoms with van der Waals surface area (Å²) in [5, 5.41) is 17.4. The van der Waals surface area contributed by atoms with E-state index in [1.165, 1.54) is 12.4 Å². The summed E-state index contributed by atoms with van der Waals surface area (Å²) in [4.78, 5) is 7.39. The van der Waals surface area contributed by atoms with E-state index in [-0.39, 0.29) is 11.8 Å². The minimum absolute atomic E-state index is 0.0314. The Morgan fingerprint density at radius 2 is 1.85 bits per heavy atom. The van der Waals surface area contributed by atoms with E-state index in [4.69, 9.17) is 14.8 Å². The van der Waals surface area contributed by atoms with Crippen LogP contribution in [0.4, 0.5) is 0 Å². The zero-order valence-electron chi connectivity index (χ0n) is 7.51. The van der Waals surface area contributed by atoms with Crippen LogP contribution in [0.25, 0.3) is 0 Å². The maximum absolute atomic E-state index is 8.69. The number of aromatic nitrogens is 2. The smallest absolute Gasteiger partial charge is 0.488 e. The number of ether oxygens (including phenoxy) is 1. The second-order valence-corrected chi connectivity index (χ2v) is 2.82. The average Bonchev–Trinajstić information content (AvgIpc) is 2.04. The third kappa shape index (κ3) is 3.00. The van der Waals surface area contributed by atoms with Crippen molar-refractivity contribution in [3.63, 3.8) is 0 Å². The average molecular weight is 182 g/mol. The molecule has 13 heavy (non-hydrogen) atoms. The van der Waals surface area contributed by atoms with Gasteiger partial charge in [0.15, 0.2) is 11.5 Å². The molecule has 0 bridgehead atoms. The minimum Gasteiger partial charge on any atom is -0.488 e. The maximum Gasteiger partial charge on any atom is 0.528 e. The first-order chi connectivity index (χ1) is 6.09.